The van der Waals surface area contributed by atoms with Crippen molar-refractivity contribution in [1.29, 1.82) is 0 Å². The van der Waals surface area contributed by atoms with E-state index in [1.165, 1.54) is 33.4 Å². The minimum absolute atomic E-state index is 0. The van der Waals surface area contributed by atoms with Gasteiger partial charge in [-0.3, -0.25) is 9.98 Å². The molecule has 0 atom stereocenters. The molecule has 0 spiro atoms. The van der Waals surface area contributed by atoms with E-state index >= 15 is 0 Å². The van der Waals surface area contributed by atoms with Crippen molar-refractivity contribution in [2.24, 2.45) is 9.98 Å². The molecule has 3 nitrogen and oxygen atoms in total. The fourth-order valence-corrected chi connectivity index (χ4v) is 3.63. The Morgan fingerprint density at radius 2 is 0.906 bits per heavy atom. The molecule has 2 aromatic carbocycles. The number of aryl methyl sites for hydroxylation is 6. The molecule has 32 heavy (non-hydrogen) atoms. The molecule has 1 aromatic heterocycles. The Hall–Kier alpha value is -1.62. The zero-order valence-electron chi connectivity index (χ0n) is 19.1. The fraction of sp³-hybridized carbons (Fsp3) is 0.240. The Labute approximate surface area is 222 Å². The minimum atomic E-state index is 0. The summed E-state index contributed by atoms with van der Waals surface area (Å²) in [6.45, 7) is 12.6. The van der Waals surface area contributed by atoms with Gasteiger partial charge in [-0.1, -0.05) is 41.5 Å². The van der Waals surface area contributed by atoms with Crippen molar-refractivity contribution in [3.8, 4) is 0 Å². The van der Waals surface area contributed by atoms with Crippen LogP contribution in [0.1, 0.15) is 44.8 Å². The SMILES string of the molecule is Cc1cc(C)c(N=Cc2cccc(C=Nc3c(C)cc(C)cc3C)n2)c(C)c1.[Cl-].[Cl-].[Cl-].[V+3]. The van der Waals surface area contributed by atoms with Crippen LogP contribution in [-0.2, 0) is 18.6 Å². The number of aromatic nitrogens is 1. The van der Waals surface area contributed by atoms with Crippen molar-refractivity contribution in [2.75, 3.05) is 0 Å². The zero-order valence-corrected chi connectivity index (χ0v) is 22.8. The number of hydrogen-bond donors (Lipinski definition) is 0. The predicted molar refractivity (Wildman–Crippen MR) is 120 cm³/mol. The number of nitrogens with zero attached hydrogens (tertiary/aromatic N) is 3. The van der Waals surface area contributed by atoms with Crippen LogP contribution >= 0.6 is 0 Å². The van der Waals surface area contributed by atoms with Crippen molar-refractivity contribution in [3.05, 3.63) is 87.2 Å². The normalized spacial score (nSPS) is 10.2. The van der Waals surface area contributed by atoms with Crippen LogP contribution in [-0.4, -0.2) is 17.4 Å². The first-order valence-corrected chi connectivity index (χ1v) is 9.54. The van der Waals surface area contributed by atoms with Crippen LogP contribution in [0.2, 0.25) is 0 Å². The quantitative estimate of drug-likeness (QED) is 0.345. The molecule has 0 fully saturated rings. The van der Waals surface area contributed by atoms with Gasteiger partial charge in [0.2, 0.25) is 0 Å². The van der Waals surface area contributed by atoms with Gasteiger partial charge in [0.05, 0.1) is 35.2 Å². The third kappa shape index (κ3) is 8.38. The summed E-state index contributed by atoms with van der Waals surface area (Å²) < 4.78 is 0. The number of rotatable bonds is 4. The Morgan fingerprint density at radius 1 is 0.594 bits per heavy atom. The maximum atomic E-state index is 4.68. The molecule has 0 bridgehead atoms. The van der Waals surface area contributed by atoms with Gasteiger partial charge in [-0.2, -0.15) is 0 Å². The summed E-state index contributed by atoms with van der Waals surface area (Å²) in [5.41, 5.74) is 10.9. The average molecular weight is 527 g/mol. The molecule has 3 rings (SSSR count). The second-order valence-electron chi connectivity index (χ2n) is 7.50. The molecule has 3 aromatic rings. The molecule has 1 heterocycles. The van der Waals surface area contributed by atoms with Gasteiger partial charge in [-0.25, -0.2) is 4.98 Å². The van der Waals surface area contributed by atoms with Crippen LogP contribution < -0.4 is 37.2 Å². The van der Waals surface area contributed by atoms with Gasteiger partial charge >= 0.3 is 18.6 Å². The van der Waals surface area contributed by atoms with Gasteiger partial charge in [-0.05, 0) is 75.9 Å². The standard InChI is InChI=1S/C25H27N3.3ClH.V/c1-16-10-18(3)24(19(4)11-16)26-14-22-8-7-9-23(28-22)15-27-25-20(5)12-17(2)13-21(25)6;;;;/h7-15H,1-6H3;3*1H;/q;;;;+3/p-3. The van der Waals surface area contributed by atoms with Gasteiger partial charge in [0.1, 0.15) is 0 Å². The summed E-state index contributed by atoms with van der Waals surface area (Å²) in [7, 11) is 0. The van der Waals surface area contributed by atoms with Crippen molar-refractivity contribution in [3.63, 3.8) is 0 Å². The summed E-state index contributed by atoms with van der Waals surface area (Å²) in [6, 6.07) is 14.5. The smallest absolute Gasteiger partial charge is 1.00 e. The van der Waals surface area contributed by atoms with E-state index in [9.17, 15) is 0 Å². The molecule has 7 heteroatoms. The molecule has 0 unspecified atom stereocenters. The average Bonchev–Trinajstić information content (AvgIpc) is 2.60. The number of benzene rings is 2. The summed E-state index contributed by atoms with van der Waals surface area (Å²) in [4.78, 5) is 14.0. The molecule has 0 radical (unpaired) electrons. The number of aliphatic imine (C=N–C) groups is 2. The first-order valence-electron chi connectivity index (χ1n) is 9.54. The molecular formula is C25H27Cl3N3V. The van der Waals surface area contributed by atoms with Crippen LogP contribution in [0.3, 0.4) is 0 Å². The summed E-state index contributed by atoms with van der Waals surface area (Å²) >= 11 is 0. The Morgan fingerprint density at radius 3 is 1.22 bits per heavy atom. The van der Waals surface area contributed by atoms with E-state index in [-0.39, 0.29) is 55.8 Å². The van der Waals surface area contributed by atoms with Crippen LogP contribution in [0.4, 0.5) is 11.4 Å². The van der Waals surface area contributed by atoms with Crippen LogP contribution in [0.25, 0.3) is 0 Å². The molecule has 0 aliphatic carbocycles. The summed E-state index contributed by atoms with van der Waals surface area (Å²) in [5, 5.41) is 0. The van der Waals surface area contributed by atoms with Crippen molar-refractivity contribution in [2.45, 2.75) is 41.5 Å². The van der Waals surface area contributed by atoms with Crippen molar-refractivity contribution < 1.29 is 55.8 Å². The van der Waals surface area contributed by atoms with E-state index in [4.69, 9.17) is 0 Å². The Bertz CT molecular complexity index is 967. The van der Waals surface area contributed by atoms with E-state index in [1.54, 1.807) is 0 Å². The molecule has 168 valence electrons. The third-order valence-corrected chi connectivity index (χ3v) is 4.71. The molecule has 0 aliphatic rings. The second-order valence-corrected chi connectivity index (χ2v) is 7.50. The third-order valence-electron chi connectivity index (χ3n) is 4.71. The number of halogens is 3. The van der Waals surface area contributed by atoms with E-state index in [0.717, 1.165) is 22.8 Å². The number of hydrogen-bond acceptors (Lipinski definition) is 3. The van der Waals surface area contributed by atoms with E-state index in [0.29, 0.717) is 0 Å². The Kier molecular flexibility index (Phi) is 14.8. The van der Waals surface area contributed by atoms with Crippen LogP contribution in [0.15, 0.2) is 52.4 Å². The summed E-state index contributed by atoms with van der Waals surface area (Å²) in [5.74, 6) is 0. The minimum Gasteiger partial charge on any atom is -1.00 e. The van der Waals surface area contributed by atoms with Gasteiger partial charge in [0.25, 0.3) is 0 Å². The van der Waals surface area contributed by atoms with E-state index in [2.05, 4.69) is 80.8 Å². The Balaban J connectivity index is 0. The van der Waals surface area contributed by atoms with Gasteiger partial charge in [0, 0.05) is 0 Å². The van der Waals surface area contributed by atoms with Gasteiger partial charge in [0.15, 0.2) is 0 Å². The maximum absolute atomic E-state index is 4.68. The van der Waals surface area contributed by atoms with E-state index in [1.807, 2.05) is 30.6 Å². The van der Waals surface area contributed by atoms with Crippen molar-refractivity contribution in [1.82, 2.24) is 4.98 Å². The molecular weight excluding hydrogens is 500 g/mol. The largest absolute Gasteiger partial charge is 3.00 e. The monoisotopic (exact) mass is 525 g/mol. The first-order chi connectivity index (χ1) is 13.3. The van der Waals surface area contributed by atoms with Gasteiger partial charge < -0.3 is 37.2 Å². The van der Waals surface area contributed by atoms with Crippen LogP contribution in [0, 0.1) is 41.5 Å². The molecule has 0 saturated heterocycles. The molecule has 0 amide bonds. The first kappa shape index (κ1) is 32.6. The second kappa shape index (κ2) is 14.5. The van der Waals surface area contributed by atoms with Gasteiger partial charge in [-0.15, -0.1) is 0 Å². The summed E-state index contributed by atoms with van der Waals surface area (Å²) in [6.07, 6.45) is 3.65. The fourth-order valence-electron chi connectivity index (χ4n) is 3.63. The molecule has 0 aliphatic heterocycles. The predicted octanol–water partition coefficient (Wildman–Crippen LogP) is -2.56. The van der Waals surface area contributed by atoms with E-state index < -0.39 is 0 Å². The zero-order chi connectivity index (χ0) is 20.3. The van der Waals surface area contributed by atoms with Crippen LogP contribution in [0.5, 0.6) is 0 Å². The maximum Gasteiger partial charge on any atom is 3.00 e. The van der Waals surface area contributed by atoms with Crippen molar-refractivity contribution >= 4 is 23.8 Å². The number of pyridine rings is 1. The topological polar surface area (TPSA) is 37.6 Å². The molecule has 0 saturated carbocycles. The molecule has 0 N–H and O–H groups in total.